The van der Waals surface area contributed by atoms with E-state index in [1.807, 2.05) is 0 Å². The van der Waals surface area contributed by atoms with Gasteiger partial charge in [-0.2, -0.15) is 8.78 Å². The number of ether oxygens (including phenoxy) is 1. The third-order valence-electron chi connectivity index (χ3n) is 2.14. The summed E-state index contributed by atoms with van der Waals surface area (Å²) in [5.41, 5.74) is 0.0938. The molecule has 0 amide bonds. The quantitative estimate of drug-likeness (QED) is 0.787. The van der Waals surface area contributed by atoms with Crippen molar-refractivity contribution in [2.75, 3.05) is 0 Å². The number of para-hydroxylation sites is 1. The molecule has 1 heterocycles. The number of halogens is 3. The molecule has 0 unspecified atom stereocenters. The maximum absolute atomic E-state index is 12.2. The molecule has 0 saturated heterocycles. The molecule has 6 heteroatoms. The first-order valence-corrected chi connectivity index (χ1v) is 6.11. The fourth-order valence-electron chi connectivity index (χ4n) is 1.42. The van der Waals surface area contributed by atoms with Crippen molar-refractivity contribution < 1.29 is 18.3 Å². The number of carbonyl (C=O) groups is 1. The van der Waals surface area contributed by atoms with E-state index < -0.39 is 6.61 Å². The normalized spacial score (nSPS) is 10.7. The van der Waals surface area contributed by atoms with Gasteiger partial charge < -0.3 is 4.74 Å². The predicted octanol–water partition coefficient (Wildman–Crippen LogP) is 4.23. The van der Waals surface area contributed by atoms with Crippen molar-refractivity contribution in [3.8, 4) is 5.75 Å². The lowest BCUT2D eigenvalue weighted by Gasteiger charge is -2.08. The number of hydrogen-bond acceptors (Lipinski definition) is 3. The monoisotopic (exact) mass is 288 g/mol. The molecule has 18 heavy (non-hydrogen) atoms. The van der Waals surface area contributed by atoms with Crippen molar-refractivity contribution in [3.63, 3.8) is 0 Å². The van der Waals surface area contributed by atoms with Gasteiger partial charge in [-0.05, 0) is 24.3 Å². The first-order chi connectivity index (χ1) is 8.58. The van der Waals surface area contributed by atoms with Crippen LogP contribution < -0.4 is 4.74 Å². The number of thiophene rings is 1. The minimum absolute atomic E-state index is 0.0938. The molecule has 94 valence electrons. The Morgan fingerprint density at radius 2 is 1.94 bits per heavy atom. The zero-order valence-electron chi connectivity index (χ0n) is 8.90. The van der Waals surface area contributed by atoms with Crippen LogP contribution in [0.3, 0.4) is 0 Å². The molecule has 0 radical (unpaired) electrons. The smallest absolute Gasteiger partial charge is 0.387 e. The summed E-state index contributed by atoms with van der Waals surface area (Å²) in [5.74, 6) is -0.523. The van der Waals surface area contributed by atoms with Crippen LogP contribution in [0.4, 0.5) is 8.78 Å². The summed E-state index contributed by atoms with van der Waals surface area (Å²) in [7, 11) is 0. The second-order valence-electron chi connectivity index (χ2n) is 3.31. The lowest BCUT2D eigenvalue weighted by molar-refractivity contribution is -0.0501. The Balaban J connectivity index is 2.35. The first-order valence-electron chi connectivity index (χ1n) is 4.92. The minimum atomic E-state index is -2.97. The van der Waals surface area contributed by atoms with Gasteiger partial charge in [-0.15, -0.1) is 11.3 Å². The van der Waals surface area contributed by atoms with E-state index in [0.717, 1.165) is 11.3 Å². The number of carbonyl (C=O) groups excluding carboxylic acids is 1. The van der Waals surface area contributed by atoms with E-state index in [-0.39, 0.29) is 17.1 Å². The molecule has 1 aromatic heterocycles. The van der Waals surface area contributed by atoms with Gasteiger partial charge in [0.2, 0.25) is 5.78 Å². The molecule has 2 rings (SSSR count). The Morgan fingerprint density at radius 3 is 2.56 bits per heavy atom. The SMILES string of the molecule is O=C(c1ccc(Cl)s1)c1ccccc1OC(F)F. The lowest BCUT2D eigenvalue weighted by atomic mass is 10.1. The zero-order chi connectivity index (χ0) is 13.1. The maximum Gasteiger partial charge on any atom is 0.387 e. The third-order valence-corrected chi connectivity index (χ3v) is 3.37. The maximum atomic E-state index is 12.2. The highest BCUT2D eigenvalue weighted by Crippen LogP contribution is 2.28. The fraction of sp³-hybridized carbons (Fsp3) is 0.0833. The van der Waals surface area contributed by atoms with E-state index in [1.165, 1.54) is 18.2 Å². The molecule has 1 aromatic carbocycles. The molecule has 0 aliphatic carbocycles. The molecule has 0 bridgehead atoms. The van der Waals surface area contributed by atoms with Crippen LogP contribution in [0.5, 0.6) is 5.75 Å². The van der Waals surface area contributed by atoms with Gasteiger partial charge in [-0.3, -0.25) is 4.79 Å². The summed E-state index contributed by atoms with van der Waals surface area (Å²) in [4.78, 5) is 12.5. The molecular weight excluding hydrogens is 282 g/mol. The largest absolute Gasteiger partial charge is 0.434 e. The molecule has 2 nitrogen and oxygen atoms in total. The molecular formula is C12H7ClF2O2S. The van der Waals surface area contributed by atoms with Gasteiger partial charge in [0.15, 0.2) is 0 Å². The van der Waals surface area contributed by atoms with Gasteiger partial charge in [0.1, 0.15) is 5.75 Å². The molecule has 0 atom stereocenters. The van der Waals surface area contributed by atoms with E-state index in [2.05, 4.69) is 4.74 Å². The highest BCUT2D eigenvalue weighted by atomic mass is 35.5. The van der Waals surface area contributed by atoms with Crippen molar-refractivity contribution in [3.05, 3.63) is 51.2 Å². The summed E-state index contributed by atoms with van der Waals surface area (Å²) >= 11 is 6.82. The van der Waals surface area contributed by atoms with Gasteiger partial charge in [-0.1, -0.05) is 23.7 Å². The Hall–Kier alpha value is -1.46. The standard InChI is InChI=1S/C12H7ClF2O2S/c13-10-6-5-9(18-10)11(16)7-3-1-2-4-8(7)17-12(14)15/h1-6,12H. The fourth-order valence-corrected chi connectivity index (χ4v) is 2.42. The third kappa shape index (κ3) is 2.86. The number of ketones is 1. The van der Waals surface area contributed by atoms with Crippen LogP contribution in [-0.2, 0) is 0 Å². The highest BCUT2D eigenvalue weighted by molar-refractivity contribution is 7.18. The molecule has 0 aliphatic rings. The predicted molar refractivity (Wildman–Crippen MR) is 65.8 cm³/mol. The highest BCUT2D eigenvalue weighted by Gasteiger charge is 2.18. The summed E-state index contributed by atoms with van der Waals surface area (Å²) in [5, 5.41) is 0. The molecule has 0 saturated carbocycles. The van der Waals surface area contributed by atoms with Gasteiger partial charge in [0, 0.05) is 0 Å². The van der Waals surface area contributed by atoms with Crippen LogP contribution in [0.15, 0.2) is 36.4 Å². The van der Waals surface area contributed by atoms with Crippen LogP contribution in [0.25, 0.3) is 0 Å². The molecule has 2 aromatic rings. The molecule has 0 N–H and O–H groups in total. The van der Waals surface area contributed by atoms with Crippen LogP contribution in [-0.4, -0.2) is 12.4 Å². The van der Waals surface area contributed by atoms with Gasteiger partial charge >= 0.3 is 6.61 Å². The van der Waals surface area contributed by atoms with Crippen molar-refractivity contribution in [1.29, 1.82) is 0 Å². The second kappa shape index (κ2) is 5.46. The zero-order valence-corrected chi connectivity index (χ0v) is 10.5. The topological polar surface area (TPSA) is 26.3 Å². The van der Waals surface area contributed by atoms with E-state index in [1.54, 1.807) is 18.2 Å². The van der Waals surface area contributed by atoms with E-state index in [4.69, 9.17) is 11.6 Å². The van der Waals surface area contributed by atoms with Crippen molar-refractivity contribution >= 4 is 28.7 Å². The lowest BCUT2D eigenvalue weighted by Crippen LogP contribution is -2.07. The number of hydrogen-bond donors (Lipinski definition) is 0. The van der Waals surface area contributed by atoms with Crippen LogP contribution in [0.1, 0.15) is 15.2 Å². The van der Waals surface area contributed by atoms with E-state index in [9.17, 15) is 13.6 Å². The van der Waals surface area contributed by atoms with Crippen LogP contribution in [0.2, 0.25) is 4.34 Å². The summed E-state index contributed by atoms with van der Waals surface area (Å²) in [6, 6.07) is 9.00. The summed E-state index contributed by atoms with van der Waals surface area (Å²) in [6.07, 6.45) is 0. The minimum Gasteiger partial charge on any atom is -0.434 e. The van der Waals surface area contributed by atoms with Crippen molar-refractivity contribution in [1.82, 2.24) is 0 Å². The summed E-state index contributed by atoms with van der Waals surface area (Å²) in [6.45, 7) is -2.97. The van der Waals surface area contributed by atoms with Gasteiger partial charge in [0.05, 0.1) is 14.8 Å². The average Bonchev–Trinajstić information content (AvgIpc) is 2.75. The summed E-state index contributed by atoms with van der Waals surface area (Å²) < 4.78 is 29.2. The van der Waals surface area contributed by atoms with Gasteiger partial charge in [0.25, 0.3) is 0 Å². The van der Waals surface area contributed by atoms with Crippen molar-refractivity contribution in [2.45, 2.75) is 6.61 Å². The second-order valence-corrected chi connectivity index (χ2v) is 5.02. The molecule has 0 fully saturated rings. The van der Waals surface area contributed by atoms with Crippen LogP contribution in [0, 0.1) is 0 Å². The van der Waals surface area contributed by atoms with Crippen molar-refractivity contribution in [2.24, 2.45) is 0 Å². The Labute approximate surface area is 111 Å². The Kier molecular flexibility index (Phi) is 3.93. The average molecular weight is 289 g/mol. The number of alkyl halides is 2. The Morgan fingerprint density at radius 1 is 1.22 bits per heavy atom. The number of rotatable bonds is 4. The van der Waals surface area contributed by atoms with Crippen LogP contribution >= 0.6 is 22.9 Å². The van der Waals surface area contributed by atoms with E-state index >= 15 is 0 Å². The Bertz CT molecular complexity index is 569. The van der Waals surface area contributed by atoms with E-state index in [0.29, 0.717) is 9.21 Å². The number of benzene rings is 1. The molecule has 0 spiro atoms. The molecule has 0 aliphatic heterocycles. The first kappa shape index (κ1) is 13.0. The van der Waals surface area contributed by atoms with Gasteiger partial charge in [-0.25, -0.2) is 0 Å².